The lowest BCUT2D eigenvalue weighted by molar-refractivity contribution is -0.136. The molecular weight excluding hydrogens is 467 g/mol. The van der Waals surface area contributed by atoms with Crippen LogP contribution in [0.25, 0.3) is 0 Å². The lowest BCUT2D eigenvalue weighted by atomic mass is 9.83. The van der Waals surface area contributed by atoms with Gasteiger partial charge in [0, 0.05) is 5.69 Å². The SMILES string of the molecule is COC(=O)C1=C(CSc2nc3c(cc2C#N)CCCCC3)OC(N)=C(C#N)[C@@H]1c1cccc(F)c1. The number of thioether (sulfide) groups is 1. The van der Waals surface area contributed by atoms with E-state index in [0.717, 1.165) is 43.4 Å². The van der Waals surface area contributed by atoms with E-state index >= 15 is 0 Å². The van der Waals surface area contributed by atoms with Crippen molar-refractivity contribution in [3.63, 3.8) is 0 Å². The number of carbonyl (C=O) groups excluding carboxylic acids is 1. The molecule has 1 aromatic carbocycles. The summed E-state index contributed by atoms with van der Waals surface area (Å²) in [5.74, 6) is -2.07. The Morgan fingerprint density at radius 1 is 1.26 bits per heavy atom. The first-order valence-electron chi connectivity index (χ1n) is 11.2. The van der Waals surface area contributed by atoms with Crippen LogP contribution in [0, 0.1) is 28.5 Å². The number of rotatable bonds is 5. The molecule has 0 saturated carbocycles. The third kappa shape index (κ3) is 5.01. The minimum absolute atomic E-state index is 0.00869. The van der Waals surface area contributed by atoms with Crippen molar-refractivity contribution in [2.24, 2.45) is 5.73 Å². The highest BCUT2D eigenvalue weighted by molar-refractivity contribution is 7.99. The number of carbonyl (C=O) groups is 1. The Kier molecular flexibility index (Phi) is 7.38. The second kappa shape index (κ2) is 10.6. The van der Waals surface area contributed by atoms with Gasteiger partial charge in [-0.3, -0.25) is 0 Å². The average molecular weight is 491 g/mol. The number of allylic oxidation sites excluding steroid dienone is 1. The molecule has 9 heteroatoms. The minimum Gasteiger partial charge on any atom is -0.466 e. The molecule has 0 spiro atoms. The highest BCUT2D eigenvalue weighted by Crippen LogP contribution is 2.41. The molecule has 2 N–H and O–H groups in total. The van der Waals surface area contributed by atoms with Crippen molar-refractivity contribution in [1.29, 1.82) is 10.5 Å². The van der Waals surface area contributed by atoms with Gasteiger partial charge in [-0.1, -0.05) is 30.3 Å². The normalized spacial score (nSPS) is 17.5. The molecule has 178 valence electrons. The number of aromatic nitrogens is 1. The van der Waals surface area contributed by atoms with Crippen molar-refractivity contribution in [2.45, 2.75) is 43.0 Å². The third-order valence-electron chi connectivity index (χ3n) is 6.06. The Bertz CT molecular complexity index is 1320. The van der Waals surface area contributed by atoms with Crippen LogP contribution in [-0.2, 0) is 27.1 Å². The van der Waals surface area contributed by atoms with E-state index < -0.39 is 17.7 Å². The highest BCUT2D eigenvalue weighted by Gasteiger charge is 2.37. The molecule has 0 unspecified atom stereocenters. The molecule has 2 aliphatic rings. The highest BCUT2D eigenvalue weighted by atomic mass is 32.2. The van der Waals surface area contributed by atoms with E-state index in [0.29, 0.717) is 16.2 Å². The molecular formula is C26H23FN4O3S. The zero-order valence-corrected chi connectivity index (χ0v) is 20.0. The second-order valence-corrected chi connectivity index (χ2v) is 9.18. The molecule has 1 aromatic heterocycles. The van der Waals surface area contributed by atoms with Crippen LogP contribution in [0.3, 0.4) is 0 Å². The summed E-state index contributed by atoms with van der Waals surface area (Å²) in [4.78, 5) is 17.6. The molecule has 1 aliphatic carbocycles. The topological polar surface area (TPSA) is 122 Å². The van der Waals surface area contributed by atoms with E-state index in [1.165, 1.54) is 37.1 Å². The van der Waals surface area contributed by atoms with Crippen LogP contribution in [0.5, 0.6) is 0 Å². The number of aryl methyl sites for hydroxylation is 2. The number of nitrogens with zero attached hydrogens (tertiary/aromatic N) is 3. The molecule has 1 aliphatic heterocycles. The number of methoxy groups -OCH3 is 1. The Morgan fingerprint density at radius 3 is 2.77 bits per heavy atom. The van der Waals surface area contributed by atoms with Crippen molar-refractivity contribution < 1.29 is 18.7 Å². The van der Waals surface area contributed by atoms with Crippen LogP contribution >= 0.6 is 11.8 Å². The van der Waals surface area contributed by atoms with E-state index in [1.54, 1.807) is 6.07 Å². The van der Waals surface area contributed by atoms with Crippen molar-refractivity contribution in [1.82, 2.24) is 4.98 Å². The number of fused-ring (bicyclic) bond motifs is 1. The maximum absolute atomic E-state index is 14.0. The van der Waals surface area contributed by atoms with Gasteiger partial charge in [0.05, 0.1) is 29.9 Å². The first kappa shape index (κ1) is 24.3. The van der Waals surface area contributed by atoms with Crippen molar-refractivity contribution in [3.8, 4) is 12.1 Å². The van der Waals surface area contributed by atoms with E-state index in [-0.39, 0.29) is 28.5 Å². The Morgan fingerprint density at radius 2 is 2.06 bits per heavy atom. The Labute approximate surface area is 207 Å². The quantitative estimate of drug-likeness (QED) is 0.372. The molecule has 0 amide bonds. The molecule has 0 fully saturated rings. The third-order valence-corrected chi connectivity index (χ3v) is 7.05. The molecule has 0 bridgehead atoms. The fraction of sp³-hybridized carbons (Fsp3) is 0.308. The predicted molar refractivity (Wildman–Crippen MR) is 127 cm³/mol. The monoisotopic (exact) mass is 490 g/mol. The molecule has 4 rings (SSSR count). The molecule has 0 radical (unpaired) electrons. The van der Waals surface area contributed by atoms with Gasteiger partial charge >= 0.3 is 5.97 Å². The summed E-state index contributed by atoms with van der Waals surface area (Å²) in [6.07, 6.45) is 4.99. The number of pyridine rings is 1. The summed E-state index contributed by atoms with van der Waals surface area (Å²) < 4.78 is 24.8. The summed E-state index contributed by atoms with van der Waals surface area (Å²) in [5.41, 5.74) is 9.02. The first-order chi connectivity index (χ1) is 17.0. The van der Waals surface area contributed by atoms with E-state index in [4.69, 9.17) is 20.2 Å². The maximum atomic E-state index is 14.0. The van der Waals surface area contributed by atoms with Gasteiger partial charge in [0.1, 0.15) is 34.3 Å². The molecule has 35 heavy (non-hydrogen) atoms. The summed E-state index contributed by atoms with van der Waals surface area (Å²) in [5, 5.41) is 20.0. The number of hydrogen-bond donors (Lipinski definition) is 1. The van der Waals surface area contributed by atoms with Crippen LogP contribution in [0.4, 0.5) is 4.39 Å². The zero-order valence-electron chi connectivity index (χ0n) is 19.1. The van der Waals surface area contributed by atoms with Gasteiger partial charge in [-0.15, -0.1) is 0 Å². The van der Waals surface area contributed by atoms with Gasteiger partial charge in [-0.25, -0.2) is 14.2 Å². The van der Waals surface area contributed by atoms with E-state index in [9.17, 15) is 19.7 Å². The summed E-state index contributed by atoms with van der Waals surface area (Å²) in [7, 11) is 1.22. The van der Waals surface area contributed by atoms with Crippen LogP contribution in [0.15, 0.2) is 58.1 Å². The summed E-state index contributed by atoms with van der Waals surface area (Å²) >= 11 is 1.24. The van der Waals surface area contributed by atoms with Crippen LogP contribution in [0.2, 0.25) is 0 Å². The number of hydrogen-bond acceptors (Lipinski definition) is 8. The average Bonchev–Trinajstić information content (AvgIpc) is 3.10. The number of nitrogens with two attached hydrogens (primary N) is 1. The van der Waals surface area contributed by atoms with Crippen molar-refractivity contribution in [2.75, 3.05) is 12.9 Å². The molecule has 2 aromatic rings. The van der Waals surface area contributed by atoms with Gasteiger partial charge < -0.3 is 15.2 Å². The molecule has 2 heterocycles. The zero-order chi connectivity index (χ0) is 24.9. The lowest BCUT2D eigenvalue weighted by Crippen LogP contribution is -2.26. The van der Waals surface area contributed by atoms with E-state index in [2.05, 4.69) is 6.07 Å². The standard InChI is InChI=1S/C26H23FN4O3S/c1-33-26(32)23-21(34-24(30)19(13-29)22(23)16-7-5-8-18(27)11-16)14-35-25-17(12-28)10-15-6-3-2-4-9-20(15)31-25/h5,7-8,10-11,22H,2-4,6,9,14,30H2,1H3/t22-/m0/s1. The van der Waals surface area contributed by atoms with Gasteiger partial charge in [0.25, 0.3) is 0 Å². The molecule has 7 nitrogen and oxygen atoms in total. The van der Waals surface area contributed by atoms with E-state index in [1.807, 2.05) is 12.1 Å². The smallest absolute Gasteiger partial charge is 0.338 e. The Balaban J connectivity index is 1.75. The number of benzene rings is 1. The maximum Gasteiger partial charge on any atom is 0.338 e. The number of ether oxygens (including phenoxy) is 2. The fourth-order valence-corrected chi connectivity index (χ4v) is 5.31. The van der Waals surface area contributed by atoms with Crippen LogP contribution < -0.4 is 5.73 Å². The van der Waals surface area contributed by atoms with Gasteiger partial charge in [-0.05, 0) is 55.0 Å². The van der Waals surface area contributed by atoms with Gasteiger partial charge in [-0.2, -0.15) is 10.5 Å². The fourth-order valence-electron chi connectivity index (χ4n) is 4.39. The van der Waals surface area contributed by atoms with Gasteiger partial charge in [0.2, 0.25) is 5.88 Å². The van der Waals surface area contributed by atoms with Crippen molar-refractivity contribution >= 4 is 17.7 Å². The lowest BCUT2D eigenvalue weighted by Gasteiger charge is -2.28. The predicted octanol–water partition coefficient (Wildman–Crippen LogP) is 4.39. The summed E-state index contributed by atoms with van der Waals surface area (Å²) in [6.45, 7) is 0. The van der Waals surface area contributed by atoms with Crippen LogP contribution in [-0.4, -0.2) is 23.8 Å². The number of halogens is 1. The van der Waals surface area contributed by atoms with Crippen molar-refractivity contribution in [3.05, 3.63) is 81.3 Å². The minimum atomic E-state index is -0.956. The largest absolute Gasteiger partial charge is 0.466 e. The van der Waals surface area contributed by atoms with Gasteiger partial charge in [0.15, 0.2) is 0 Å². The second-order valence-electron chi connectivity index (χ2n) is 8.22. The van der Waals surface area contributed by atoms with Crippen LogP contribution in [0.1, 0.15) is 47.6 Å². The molecule has 1 atom stereocenters. The number of esters is 1. The summed E-state index contributed by atoms with van der Waals surface area (Å²) in [6, 6.07) is 11.7. The number of nitriles is 2. The molecule has 0 saturated heterocycles. The first-order valence-corrected chi connectivity index (χ1v) is 12.2. The Hall–Kier alpha value is -3.82.